The predicted molar refractivity (Wildman–Crippen MR) is 77.1 cm³/mol. The number of carbonyl (C=O) groups is 1. The molecule has 1 saturated heterocycles. The van der Waals surface area contributed by atoms with Crippen molar-refractivity contribution >= 4 is 41.5 Å². The molecule has 100 valence electrons. The third-order valence-electron chi connectivity index (χ3n) is 2.77. The van der Waals surface area contributed by atoms with Crippen molar-refractivity contribution in [1.29, 1.82) is 0 Å². The van der Waals surface area contributed by atoms with Gasteiger partial charge in [0, 0.05) is 41.3 Å². The van der Waals surface area contributed by atoms with Crippen molar-refractivity contribution in [2.45, 2.75) is 13.0 Å². The van der Waals surface area contributed by atoms with Crippen LogP contribution < -0.4 is 5.32 Å². The fourth-order valence-electron chi connectivity index (χ4n) is 1.98. The van der Waals surface area contributed by atoms with Gasteiger partial charge in [-0.2, -0.15) is 0 Å². The van der Waals surface area contributed by atoms with Gasteiger partial charge in [-0.3, -0.25) is 4.79 Å². The number of nitrogens with zero attached hydrogens (tertiary/aromatic N) is 1. The first-order valence-corrected chi connectivity index (χ1v) is 6.30. The van der Waals surface area contributed by atoms with E-state index in [1.165, 1.54) is 0 Å². The smallest absolute Gasteiger partial charge is 0.254 e. The van der Waals surface area contributed by atoms with Crippen molar-refractivity contribution < 1.29 is 4.79 Å². The summed E-state index contributed by atoms with van der Waals surface area (Å²) in [5.41, 5.74) is 0.552. The third-order valence-corrected chi connectivity index (χ3v) is 3.20. The van der Waals surface area contributed by atoms with Gasteiger partial charge in [-0.05, 0) is 25.1 Å². The average molecular weight is 310 g/mol. The maximum atomic E-state index is 12.2. The number of nitrogens with one attached hydrogen (secondary N) is 1. The SMILES string of the molecule is C[C@@H]1CN(C(=O)c2cc(Cl)cc(Cl)c2)CCN1.Cl. The molecule has 1 aromatic rings. The lowest BCUT2D eigenvalue weighted by atomic mass is 10.1. The Morgan fingerprint density at radius 2 is 1.94 bits per heavy atom. The topological polar surface area (TPSA) is 32.3 Å². The van der Waals surface area contributed by atoms with Gasteiger partial charge in [0.2, 0.25) is 0 Å². The summed E-state index contributed by atoms with van der Waals surface area (Å²) >= 11 is 11.8. The predicted octanol–water partition coefficient (Wildman–Crippen LogP) is 2.85. The molecule has 1 N–H and O–H groups in total. The Morgan fingerprint density at radius 1 is 1.33 bits per heavy atom. The number of benzene rings is 1. The third kappa shape index (κ3) is 3.75. The number of piperazine rings is 1. The van der Waals surface area contributed by atoms with Crippen LogP contribution in [0.15, 0.2) is 18.2 Å². The van der Waals surface area contributed by atoms with E-state index in [0.29, 0.717) is 34.7 Å². The van der Waals surface area contributed by atoms with Crippen LogP contribution in [-0.4, -0.2) is 36.5 Å². The molecule has 2 rings (SSSR count). The Bertz CT molecular complexity index is 419. The second-order valence-corrected chi connectivity index (χ2v) is 5.14. The molecule has 0 aromatic heterocycles. The highest BCUT2D eigenvalue weighted by atomic mass is 35.5. The van der Waals surface area contributed by atoms with Crippen molar-refractivity contribution in [3.05, 3.63) is 33.8 Å². The highest BCUT2D eigenvalue weighted by Crippen LogP contribution is 2.20. The van der Waals surface area contributed by atoms with Gasteiger partial charge in [0.1, 0.15) is 0 Å². The zero-order valence-corrected chi connectivity index (χ0v) is 12.3. The summed E-state index contributed by atoms with van der Waals surface area (Å²) in [6.45, 7) is 4.31. The van der Waals surface area contributed by atoms with Crippen molar-refractivity contribution in [3.8, 4) is 0 Å². The van der Waals surface area contributed by atoms with Crippen molar-refractivity contribution in [3.63, 3.8) is 0 Å². The van der Waals surface area contributed by atoms with Gasteiger partial charge in [-0.15, -0.1) is 12.4 Å². The quantitative estimate of drug-likeness (QED) is 0.865. The van der Waals surface area contributed by atoms with E-state index in [2.05, 4.69) is 12.2 Å². The monoisotopic (exact) mass is 308 g/mol. The molecular formula is C12H15Cl3N2O. The molecule has 1 aromatic carbocycles. The molecule has 0 spiro atoms. The summed E-state index contributed by atoms with van der Waals surface area (Å²) in [5, 5.41) is 4.27. The maximum Gasteiger partial charge on any atom is 0.254 e. The summed E-state index contributed by atoms with van der Waals surface area (Å²) in [5.74, 6) is -0.0113. The van der Waals surface area contributed by atoms with E-state index in [0.717, 1.165) is 6.54 Å². The van der Waals surface area contributed by atoms with E-state index in [-0.39, 0.29) is 18.3 Å². The van der Waals surface area contributed by atoms with Crippen molar-refractivity contribution in [2.24, 2.45) is 0 Å². The Morgan fingerprint density at radius 3 is 2.50 bits per heavy atom. The highest BCUT2D eigenvalue weighted by Gasteiger charge is 2.21. The fraction of sp³-hybridized carbons (Fsp3) is 0.417. The summed E-state index contributed by atoms with van der Waals surface area (Å²) in [6.07, 6.45) is 0. The van der Waals surface area contributed by atoms with Crippen LogP contribution in [0.1, 0.15) is 17.3 Å². The Balaban J connectivity index is 0.00000162. The van der Waals surface area contributed by atoms with E-state index in [1.54, 1.807) is 18.2 Å². The second kappa shape index (κ2) is 6.62. The van der Waals surface area contributed by atoms with E-state index in [4.69, 9.17) is 23.2 Å². The second-order valence-electron chi connectivity index (χ2n) is 4.26. The molecule has 1 aliphatic rings. The molecule has 1 amide bonds. The summed E-state index contributed by atoms with van der Waals surface area (Å²) in [4.78, 5) is 14.1. The summed E-state index contributed by atoms with van der Waals surface area (Å²) in [7, 11) is 0. The molecule has 1 fully saturated rings. The van der Waals surface area contributed by atoms with Crippen LogP contribution in [0.5, 0.6) is 0 Å². The van der Waals surface area contributed by atoms with Gasteiger partial charge < -0.3 is 10.2 Å². The minimum absolute atomic E-state index is 0. The lowest BCUT2D eigenvalue weighted by Crippen LogP contribution is -2.51. The minimum atomic E-state index is -0.0113. The van der Waals surface area contributed by atoms with Crippen LogP contribution in [0.25, 0.3) is 0 Å². The number of carbonyl (C=O) groups excluding carboxylic acids is 1. The maximum absolute atomic E-state index is 12.2. The van der Waals surface area contributed by atoms with Gasteiger partial charge in [-0.1, -0.05) is 23.2 Å². The lowest BCUT2D eigenvalue weighted by molar-refractivity contribution is 0.0709. The first-order valence-electron chi connectivity index (χ1n) is 5.55. The van der Waals surface area contributed by atoms with Crippen LogP contribution in [0.3, 0.4) is 0 Å². The minimum Gasteiger partial charge on any atom is -0.336 e. The Hall–Kier alpha value is -0.480. The average Bonchev–Trinajstić information content (AvgIpc) is 2.26. The Labute approximate surface area is 123 Å². The van der Waals surface area contributed by atoms with E-state index < -0.39 is 0 Å². The van der Waals surface area contributed by atoms with Gasteiger partial charge in [-0.25, -0.2) is 0 Å². The van der Waals surface area contributed by atoms with Gasteiger partial charge in [0.25, 0.3) is 5.91 Å². The lowest BCUT2D eigenvalue weighted by Gasteiger charge is -2.32. The highest BCUT2D eigenvalue weighted by molar-refractivity contribution is 6.35. The molecule has 0 unspecified atom stereocenters. The van der Waals surface area contributed by atoms with Crippen LogP contribution >= 0.6 is 35.6 Å². The van der Waals surface area contributed by atoms with Crippen LogP contribution in [-0.2, 0) is 0 Å². The molecule has 18 heavy (non-hydrogen) atoms. The zero-order chi connectivity index (χ0) is 12.4. The largest absolute Gasteiger partial charge is 0.336 e. The zero-order valence-electron chi connectivity index (χ0n) is 9.95. The van der Waals surface area contributed by atoms with Crippen molar-refractivity contribution in [2.75, 3.05) is 19.6 Å². The Kier molecular flexibility index (Phi) is 5.73. The van der Waals surface area contributed by atoms with Crippen LogP contribution in [0, 0.1) is 0 Å². The molecule has 0 saturated carbocycles. The number of amides is 1. The fourth-order valence-corrected chi connectivity index (χ4v) is 2.50. The summed E-state index contributed by atoms with van der Waals surface area (Å²) in [6, 6.07) is 5.26. The molecular weight excluding hydrogens is 295 g/mol. The molecule has 0 radical (unpaired) electrons. The van der Waals surface area contributed by atoms with E-state index >= 15 is 0 Å². The van der Waals surface area contributed by atoms with Crippen LogP contribution in [0.4, 0.5) is 0 Å². The van der Waals surface area contributed by atoms with Crippen LogP contribution in [0.2, 0.25) is 10.0 Å². The van der Waals surface area contributed by atoms with Gasteiger partial charge in [0.05, 0.1) is 0 Å². The molecule has 1 aliphatic heterocycles. The molecule has 0 bridgehead atoms. The van der Waals surface area contributed by atoms with Gasteiger partial charge >= 0.3 is 0 Å². The number of rotatable bonds is 1. The normalized spacial score (nSPS) is 19.3. The standard InChI is InChI=1S/C12H14Cl2N2O.ClH/c1-8-7-16(3-2-15-8)12(17)9-4-10(13)6-11(14)5-9;/h4-6,8,15H,2-3,7H2,1H3;1H/t8-;/m1./s1. The molecule has 0 aliphatic carbocycles. The molecule has 1 atom stereocenters. The summed E-state index contributed by atoms with van der Waals surface area (Å²) < 4.78 is 0. The first kappa shape index (κ1) is 15.6. The number of hydrogen-bond donors (Lipinski definition) is 1. The molecule has 6 heteroatoms. The molecule has 3 nitrogen and oxygen atoms in total. The van der Waals surface area contributed by atoms with E-state index in [9.17, 15) is 4.79 Å². The number of halogens is 3. The number of hydrogen-bond acceptors (Lipinski definition) is 2. The van der Waals surface area contributed by atoms with E-state index in [1.807, 2.05) is 4.90 Å². The first-order chi connectivity index (χ1) is 8.06. The van der Waals surface area contributed by atoms with Gasteiger partial charge in [0.15, 0.2) is 0 Å². The van der Waals surface area contributed by atoms with Crippen molar-refractivity contribution in [1.82, 2.24) is 10.2 Å². The molecule has 1 heterocycles.